The lowest BCUT2D eigenvalue weighted by molar-refractivity contribution is -0.150. The fourth-order valence-corrected chi connectivity index (χ4v) is 5.06. The first-order valence-electron chi connectivity index (χ1n) is 9.67. The number of methoxy groups -OCH3 is 2. The Morgan fingerprint density at radius 1 is 1.04 bits per heavy atom. The Kier molecular flexibility index (Phi) is 4.92. The van der Waals surface area contributed by atoms with Crippen LogP contribution in [-0.2, 0) is 9.53 Å². The summed E-state index contributed by atoms with van der Waals surface area (Å²) in [6, 6.07) is 17.5. The van der Waals surface area contributed by atoms with Crippen molar-refractivity contribution in [1.29, 1.82) is 0 Å². The van der Waals surface area contributed by atoms with Gasteiger partial charge in [0, 0.05) is 23.6 Å². The minimum absolute atomic E-state index is 0.0778. The smallest absolute Gasteiger partial charge is 0.310 e. The molecule has 2 unspecified atom stereocenters. The molecular formula is C23H27NO3. The molecule has 4 nitrogen and oxygen atoms in total. The van der Waals surface area contributed by atoms with Crippen LogP contribution in [0.4, 0.5) is 0 Å². The number of carbonyl (C=O) groups excluding carboxylic acids is 1. The molecule has 2 bridgehead atoms. The average molecular weight is 365 g/mol. The predicted molar refractivity (Wildman–Crippen MR) is 106 cm³/mol. The van der Waals surface area contributed by atoms with Crippen molar-refractivity contribution in [3.05, 3.63) is 54.1 Å². The molecule has 142 valence electrons. The molecule has 2 aliphatic heterocycles. The molecule has 0 amide bonds. The molecule has 0 saturated carbocycles. The van der Waals surface area contributed by atoms with E-state index in [1.165, 1.54) is 19.1 Å². The number of rotatable bonds is 4. The van der Waals surface area contributed by atoms with Gasteiger partial charge in [-0.15, -0.1) is 0 Å². The summed E-state index contributed by atoms with van der Waals surface area (Å²) < 4.78 is 10.7. The molecule has 2 aliphatic rings. The number of hydrogen-bond acceptors (Lipinski definition) is 4. The third-order valence-corrected chi connectivity index (χ3v) is 6.50. The maximum absolute atomic E-state index is 12.6. The number of benzene rings is 2. The topological polar surface area (TPSA) is 38.8 Å². The summed E-state index contributed by atoms with van der Waals surface area (Å²) in [5.41, 5.74) is 3.44. The minimum atomic E-state index is -0.0872. The normalized spacial score (nSPS) is 27.4. The number of piperidine rings is 1. The second-order valence-electron chi connectivity index (χ2n) is 7.68. The largest absolute Gasteiger partial charge is 0.496 e. The number of para-hydroxylation sites is 1. The highest BCUT2D eigenvalue weighted by atomic mass is 16.5. The van der Waals surface area contributed by atoms with Crippen LogP contribution in [0.3, 0.4) is 0 Å². The van der Waals surface area contributed by atoms with Gasteiger partial charge in [-0.1, -0.05) is 42.5 Å². The summed E-state index contributed by atoms with van der Waals surface area (Å²) in [4.78, 5) is 15.0. The molecule has 4 heteroatoms. The van der Waals surface area contributed by atoms with Crippen LogP contribution in [0, 0.1) is 5.92 Å². The first-order chi connectivity index (χ1) is 13.1. The lowest BCUT2D eigenvalue weighted by Crippen LogP contribution is -2.49. The van der Waals surface area contributed by atoms with Crippen molar-refractivity contribution in [2.24, 2.45) is 5.92 Å². The van der Waals surface area contributed by atoms with Crippen LogP contribution in [0.1, 0.15) is 30.7 Å². The van der Waals surface area contributed by atoms with E-state index < -0.39 is 0 Å². The van der Waals surface area contributed by atoms with E-state index in [9.17, 15) is 4.79 Å². The number of esters is 1. The summed E-state index contributed by atoms with van der Waals surface area (Å²) in [6.45, 7) is 0. The van der Waals surface area contributed by atoms with Crippen molar-refractivity contribution in [3.8, 4) is 16.9 Å². The highest BCUT2D eigenvalue weighted by Gasteiger charge is 2.49. The van der Waals surface area contributed by atoms with Crippen molar-refractivity contribution in [3.63, 3.8) is 0 Å². The summed E-state index contributed by atoms with van der Waals surface area (Å²) >= 11 is 0. The fourth-order valence-electron chi connectivity index (χ4n) is 5.06. The van der Waals surface area contributed by atoms with Crippen LogP contribution in [0.25, 0.3) is 11.1 Å². The third-order valence-electron chi connectivity index (χ3n) is 6.50. The molecule has 0 N–H and O–H groups in total. The molecule has 2 saturated heterocycles. The van der Waals surface area contributed by atoms with Crippen LogP contribution >= 0.6 is 0 Å². The monoisotopic (exact) mass is 365 g/mol. The van der Waals surface area contributed by atoms with Crippen molar-refractivity contribution in [2.45, 2.75) is 37.3 Å². The van der Waals surface area contributed by atoms with Gasteiger partial charge in [0.25, 0.3) is 0 Å². The summed E-state index contributed by atoms with van der Waals surface area (Å²) in [7, 11) is 5.35. The molecule has 2 aromatic carbocycles. The first kappa shape index (κ1) is 18.1. The van der Waals surface area contributed by atoms with Crippen LogP contribution in [0.5, 0.6) is 5.75 Å². The van der Waals surface area contributed by atoms with Gasteiger partial charge in [0.2, 0.25) is 0 Å². The summed E-state index contributed by atoms with van der Waals surface area (Å²) in [6.07, 6.45) is 3.27. The molecule has 2 heterocycles. The van der Waals surface area contributed by atoms with Gasteiger partial charge in [-0.25, -0.2) is 0 Å². The van der Waals surface area contributed by atoms with E-state index in [4.69, 9.17) is 9.47 Å². The van der Waals surface area contributed by atoms with Crippen molar-refractivity contribution in [2.75, 3.05) is 21.3 Å². The Morgan fingerprint density at radius 2 is 1.78 bits per heavy atom. The highest BCUT2D eigenvalue weighted by Crippen LogP contribution is 2.47. The Morgan fingerprint density at radius 3 is 2.48 bits per heavy atom. The number of carbonyl (C=O) groups is 1. The van der Waals surface area contributed by atoms with Gasteiger partial charge in [-0.05, 0) is 43.5 Å². The lowest BCUT2D eigenvalue weighted by Gasteiger charge is -2.41. The Hall–Kier alpha value is -2.33. The van der Waals surface area contributed by atoms with Gasteiger partial charge in [-0.2, -0.15) is 0 Å². The van der Waals surface area contributed by atoms with Crippen LogP contribution in [0.15, 0.2) is 48.5 Å². The standard InChI is InChI=1S/C23H27NO3/c1-24-17-12-13-20(24)22(23(25)27-3)19(14-17)16-10-8-15(9-11-16)18-6-4-5-7-21(18)26-2/h4-11,17,19-20,22H,12-14H2,1-3H3/t17-,19?,20+,22?/m1/s1. The van der Waals surface area contributed by atoms with Gasteiger partial charge in [0.1, 0.15) is 5.75 Å². The molecule has 0 radical (unpaired) electrons. The Bertz CT molecular complexity index is 817. The minimum Gasteiger partial charge on any atom is -0.496 e. The van der Waals surface area contributed by atoms with E-state index in [0.717, 1.165) is 29.7 Å². The van der Waals surface area contributed by atoms with Crippen molar-refractivity contribution < 1.29 is 14.3 Å². The molecule has 4 rings (SSSR count). The molecule has 2 fully saturated rings. The molecule has 0 aliphatic carbocycles. The zero-order valence-electron chi connectivity index (χ0n) is 16.2. The molecule has 0 spiro atoms. The van der Waals surface area contributed by atoms with E-state index in [-0.39, 0.29) is 23.8 Å². The predicted octanol–water partition coefficient (Wildman–Crippen LogP) is 4.10. The fraction of sp³-hybridized carbons (Fsp3) is 0.435. The second-order valence-corrected chi connectivity index (χ2v) is 7.68. The first-order valence-corrected chi connectivity index (χ1v) is 9.67. The van der Waals surface area contributed by atoms with Gasteiger partial charge in [-0.3, -0.25) is 9.69 Å². The second kappa shape index (κ2) is 7.35. The van der Waals surface area contributed by atoms with E-state index >= 15 is 0 Å². The quantitative estimate of drug-likeness (QED) is 0.765. The van der Waals surface area contributed by atoms with Crippen molar-refractivity contribution in [1.82, 2.24) is 4.90 Å². The highest BCUT2D eigenvalue weighted by molar-refractivity contribution is 5.75. The lowest BCUT2D eigenvalue weighted by atomic mass is 9.76. The van der Waals surface area contributed by atoms with Crippen LogP contribution in [-0.4, -0.2) is 44.2 Å². The average Bonchev–Trinajstić information content (AvgIpc) is 2.95. The Labute approximate surface area is 161 Å². The van der Waals surface area contributed by atoms with Crippen LogP contribution < -0.4 is 4.74 Å². The maximum Gasteiger partial charge on any atom is 0.310 e. The maximum atomic E-state index is 12.6. The Balaban J connectivity index is 1.65. The van der Waals surface area contributed by atoms with E-state index in [0.29, 0.717) is 6.04 Å². The SMILES string of the molecule is COC(=O)C1C(c2ccc(-c3ccccc3OC)cc2)C[C@H]2CC[C@@H]1N2C. The van der Waals surface area contributed by atoms with Gasteiger partial charge in [0.05, 0.1) is 20.1 Å². The molecule has 0 aromatic heterocycles. The van der Waals surface area contributed by atoms with Crippen LogP contribution in [0.2, 0.25) is 0 Å². The molecule has 27 heavy (non-hydrogen) atoms. The zero-order valence-corrected chi connectivity index (χ0v) is 16.2. The summed E-state index contributed by atoms with van der Waals surface area (Å²) in [5.74, 6) is 0.926. The van der Waals surface area contributed by atoms with Gasteiger partial charge >= 0.3 is 5.97 Å². The number of fused-ring (bicyclic) bond motifs is 2. The van der Waals surface area contributed by atoms with E-state index in [1.807, 2.05) is 18.2 Å². The molecular weight excluding hydrogens is 338 g/mol. The van der Waals surface area contributed by atoms with Crippen molar-refractivity contribution >= 4 is 5.97 Å². The van der Waals surface area contributed by atoms with E-state index in [1.54, 1.807) is 7.11 Å². The number of nitrogens with zero attached hydrogens (tertiary/aromatic N) is 1. The number of hydrogen-bond donors (Lipinski definition) is 0. The number of ether oxygens (including phenoxy) is 2. The summed E-state index contributed by atoms with van der Waals surface area (Å²) in [5, 5.41) is 0. The molecule has 2 aromatic rings. The third kappa shape index (κ3) is 3.12. The van der Waals surface area contributed by atoms with Gasteiger partial charge in [0.15, 0.2) is 0 Å². The van der Waals surface area contributed by atoms with E-state index in [2.05, 4.69) is 42.3 Å². The molecule has 4 atom stereocenters. The van der Waals surface area contributed by atoms with Gasteiger partial charge < -0.3 is 9.47 Å². The zero-order chi connectivity index (χ0) is 19.0.